The number of hydrogen-bond acceptors (Lipinski definition) is 3. The lowest BCUT2D eigenvalue weighted by atomic mass is 10.0. The SMILES string of the molecule is CCCCCCCCCCCCCCCCOC(=O)c1ccc(C(N)=O)cc1. The second-order valence-corrected chi connectivity index (χ2v) is 7.67. The first-order valence-corrected chi connectivity index (χ1v) is 11.2. The molecule has 158 valence electrons. The van der Waals surface area contributed by atoms with E-state index in [1.54, 1.807) is 24.3 Å². The molecule has 0 aliphatic rings. The van der Waals surface area contributed by atoms with E-state index in [0.29, 0.717) is 17.7 Å². The Bertz CT molecular complexity index is 539. The molecular weight excluding hydrogens is 350 g/mol. The monoisotopic (exact) mass is 389 g/mol. The lowest BCUT2D eigenvalue weighted by Gasteiger charge is -2.06. The molecule has 0 bridgehead atoms. The number of carbonyl (C=O) groups excluding carboxylic acids is 2. The quantitative estimate of drug-likeness (QED) is 0.247. The van der Waals surface area contributed by atoms with Gasteiger partial charge in [0, 0.05) is 5.56 Å². The molecule has 0 saturated carbocycles. The number of nitrogens with two attached hydrogens (primary N) is 1. The largest absolute Gasteiger partial charge is 0.462 e. The Labute approximate surface area is 171 Å². The molecule has 0 heterocycles. The number of hydrogen-bond donors (Lipinski definition) is 1. The number of unbranched alkanes of at least 4 members (excludes halogenated alkanes) is 13. The summed E-state index contributed by atoms with van der Waals surface area (Å²) in [6, 6.07) is 6.25. The summed E-state index contributed by atoms with van der Waals surface area (Å²) >= 11 is 0. The van der Waals surface area contributed by atoms with Gasteiger partial charge in [0.25, 0.3) is 0 Å². The van der Waals surface area contributed by atoms with Crippen molar-refractivity contribution in [3.8, 4) is 0 Å². The topological polar surface area (TPSA) is 69.4 Å². The van der Waals surface area contributed by atoms with Crippen molar-refractivity contribution in [1.82, 2.24) is 0 Å². The number of carbonyl (C=O) groups is 2. The van der Waals surface area contributed by atoms with E-state index in [2.05, 4.69) is 6.92 Å². The Balaban J connectivity index is 1.90. The van der Waals surface area contributed by atoms with E-state index in [4.69, 9.17) is 10.5 Å². The highest BCUT2D eigenvalue weighted by Crippen LogP contribution is 2.13. The summed E-state index contributed by atoms with van der Waals surface area (Å²) in [6.07, 6.45) is 18.3. The molecule has 1 aromatic carbocycles. The Morgan fingerprint density at radius 3 is 1.50 bits per heavy atom. The standard InChI is InChI=1S/C24H39NO3/c1-2-3-4-5-6-7-8-9-10-11-12-13-14-15-20-28-24(27)22-18-16-21(17-19-22)23(25)26/h16-19H,2-15,20H2,1H3,(H2,25,26). The van der Waals surface area contributed by atoms with Gasteiger partial charge in [-0.25, -0.2) is 4.79 Å². The van der Waals surface area contributed by atoms with E-state index >= 15 is 0 Å². The van der Waals surface area contributed by atoms with Gasteiger partial charge in [0.2, 0.25) is 5.91 Å². The van der Waals surface area contributed by atoms with Crippen LogP contribution < -0.4 is 5.73 Å². The molecule has 4 heteroatoms. The number of benzene rings is 1. The van der Waals surface area contributed by atoms with Crippen LogP contribution in [0.5, 0.6) is 0 Å². The highest BCUT2D eigenvalue weighted by molar-refractivity contribution is 5.95. The zero-order valence-electron chi connectivity index (χ0n) is 17.7. The van der Waals surface area contributed by atoms with Crippen LogP contribution in [-0.2, 0) is 4.74 Å². The third-order valence-corrected chi connectivity index (χ3v) is 5.14. The third-order valence-electron chi connectivity index (χ3n) is 5.14. The molecule has 0 saturated heterocycles. The van der Waals surface area contributed by atoms with Crippen molar-refractivity contribution in [2.45, 2.75) is 96.8 Å². The highest BCUT2D eigenvalue weighted by atomic mass is 16.5. The summed E-state index contributed by atoms with van der Waals surface area (Å²) in [7, 11) is 0. The Hall–Kier alpha value is -1.84. The molecule has 1 amide bonds. The van der Waals surface area contributed by atoms with Crippen LogP contribution in [0.4, 0.5) is 0 Å². The molecule has 0 fully saturated rings. The molecule has 0 aliphatic carbocycles. The maximum atomic E-state index is 11.9. The predicted molar refractivity (Wildman–Crippen MR) is 116 cm³/mol. The molecule has 2 N–H and O–H groups in total. The normalized spacial score (nSPS) is 10.8. The van der Waals surface area contributed by atoms with Gasteiger partial charge in [-0.3, -0.25) is 4.79 Å². The number of rotatable bonds is 17. The summed E-state index contributed by atoms with van der Waals surface area (Å²) in [5.74, 6) is -0.840. The summed E-state index contributed by atoms with van der Waals surface area (Å²) in [5, 5.41) is 0. The van der Waals surface area contributed by atoms with Crippen molar-refractivity contribution in [3.05, 3.63) is 35.4 Å². The Morgan fingerprint density at radius 2 is 1.07 bits per heavy atom. The number of ether oxygens (including phenoxy) is 1. The molecular formula is C24H39NO3. The van der Waals surface area contributed by atoms with Crippen LogP contribution in [0, 0.1) is 0 Å². The zero-order valence-corrected chi connectivity index (χ0v) is 17.7. The summed E-state index contributed by atoms with van der Waals surface area (Å²) < 4.78 is 5.28. The molecule has 0 unspecified atom stereocenters. The van der Waals surface area contributed by atoms with E-state index in [9.17, 15) is 9.59 Å². The predicted octanol–water partition coefficient (Wildman–Crippen LogP) is 6.42. The average molecular weight is 390 g/mol. The van der Waals surface area contributed by atoms with Crippen LogP contribution in [0.1, 0.15) is 118 Å². The summed E-state index contributed by atoms with van der Waals surface area (Å²) in [6.45, 7) is 2.72. The van der Waals surface area contributed by atoms with Crippen LogP contribution in [0.3, 0.4) is 0 Å². The maximum Gasteiger partial charge on any atom is 0.338 e. The van der Waals surface area contributed by atoms with Crippen LogP contribution in [0.2, 0.25) is 0 Å². The van der Waals surface area contributed by atoms with Gasteiger partial charge >= 0.3 is 5.97 Å². The van der Waals surface area contributed by atoms with E-state index in [-0.39, 0.29) is 5.97 Å². The van der Waals surface area contributed by atoms with Crippen molar-refractivity contribution < 1.29 is 14.3 Å². The van der Waals surface area contributed by atoms with E-state index in [1.807, 2.05) is 0 Å². The fraction of sp³-hybridized carbons (Fsp3) is 0.667. The molecule has 1 aromatic rings. The van der Waals surface area contributed by atoms with Crippen molar-refractivity contribution in [2.24, 2.45) is 5.73 Å². The van der Waals surface area contributed by atoms with Gasteiger partial charge in [-0.15, -0.1) is 0 Å². The Kier molecular flexibility index (Phi) is 14.0. The van der Waals surface area contributed by atoms with E-state index < -0.39 is 5.91 Å². The zero-order chi connectivity index (χ0) is 20.5. The second kappa shape index (κ2) is 16.1. The molecule has 0 aliphatic heterocycles. The van der Waals surface area contributed by atoms with Crippen LogP contribution in [0.25, 0.3) is 0 Å². The highest BCUT2D eigenvalue weighted by Gasteiger charge is 2.08. The molecule has 4 nitrogen and oxygen atoms in total. The van der Waals surface area contributed by atoms with Crippen molar-refractivity contribution in [2.75, 3.05) is 6.61 Å². The average Bonchev–Trinajstić information content (AvgIpc) is 2.70. The van der Waals surface area contributed by atoms with Gasteiger partial charge in [0.1, 0.15) is 0 Å². The van der Waals surface area contributed by atoms with E-state index in [0.717, 1.165) is 12.8 Å². The van der Waals surface area contributed by atoms with Gasteiger partial charge < -0.3 is 10.5 Å². The lowest BCUT2D eigenvalue weighted by molar-refractivity contribution is 0.0497. The lowest BCUT2D eigenvalue weighted by Crippen LogP contribution is -2.11. The van der Waals surface area contributed by atoms with Gasteiger partial charge in [0.15, 0.2) is 0 Å². The number of esters is 1. The van der Waals surface area contributed by atoms with Gasteiger partial charge in [-0.05, 0) is 30.7 Å². The molecule has 28 heavy (non-hydrogen) atoms. The van der Waals surface area contributed by atoms with Crippen LogP contribution >= 0.6 is 0 Å². The molecule has 0 atom stereocenters. The smallest absolute Gasteiger partial charge is 0.338 e. The molecule has 0 aromatic heterocycles. The summed E-state index contributed by atoms with van der Waals surface area (Å²) in [4.78, 5) is 22.9. The van der Waals surface area contributed by atoms with Crippen molar-refractivity contribution in [3.63, 3.8) is 0 Å². The molecule has 0 spiro atoms. The van der Waals surface area contributed by atoms with Crippen molar-refractivity contribution in [1.29, 1.82) is 0 Å². The first-order chi connectivity index (χ1) is 13.6. The third kappa shape index (κ3) is 11.8. The van der Waals surface area contributed by atoms with Crippen LogP contribution in [0.15, 0.2) is 24.3 Å². The Morgan fingerprint density at radius 1 is 0.679 bits per heavy atom. The number of primary amides is 1. The van der Waals surface area contributed by atoms with Crippen molar-refractivity contribution >= 4 is 11.9 Å². The minimum atomic E-state index is -0.498. The summed E-state index contributed by atoms with van der Waals surface area (Å²) in [5.41, 5.74) is 6.03. The first kappa shape index (κ1) is 24.2. The maximum absolute atomic E-state index is 11.9. The minimum Gasteiger partial charge on any atom is -0.462 e. The van der Waals surface area contributed by atoms with Gasteiger partial charge in [-0.2, -0.15) is 0 Å². The van der Waals surface area contributed by atoms with Gasteiger partial charge in [-0.1, -0.05) is 90.4 Å². The molecule has 0 radical (unpaired) electrons. The fourth-order valence-electron chi connectivity index (χ4n) is 3.32. The van der Waals surface area contributed by atoms with Gasteiger partial charge in [0.05, 0.1) is 12.2 Å². The number of amides is 1. The first-order valence-electron chi connectivity index (χ1n) is 11.2. The second-order valence-electron chi connectivity index (χ2n) is 7.67. The fourth-order valence-corrected chi connectivity index (χ4v) is 3.32. The molecule has 1 rings (SSSR count). The van der Waals surface area contributed by atoms with Crippen LogP contribution in [-0.4, -0.2) is 18.5 Å². The van der Waals surface area contributed by atoms with E-state index in [1.165, 1.54) is 77.0 Å². The minimum absolute atomic E-state index is 0.342.